The van der Waals surface area contributed by atoms with Crippen LogP contribution in [0.4, 0.5) is 0 Å². The molecule has 1 atom stereocenters. The maximum absolute atomic E-state index is 5.77. The molecular weight excluding hydrogens is 204 g/mol. The number of nitrogens with two attached hydrogens (primary N) is 1. The summed E-state index contributed by atoms with van der Waals surface area (Å²) in [7, 11) is 0. The molecule has 2 aromatic rings. The third-order valence-electron chi connectivity index (χ3n) is 2.18. The van der Waals surface area contributed by atoms with Gasteiger partial charge in [-0.2, -0.15) is 0 Å². The second-order valence-corrected chi connectivity index (χ2v) is 4.76. The Kier molecular flexibility index (Phi) is 3.14. The van der Waals surface area contributed by atoms with E-state index in [1.807, 2.05) is 19.2 Å². The lowest BCUT2D eigenvalue weighted by Gasteiger charge is -1.98. The van der Waals surface area contributed by atoms with Gasteiger partial charge < -0.3 is 5.73 Å². The largest absolute Gasteiger partial charge is 0.322 e. The van der Waals surface area contributed by atoms with Crippen LogP contribution in [-0.2, 0) is 6.42 Å². The molecule has 1 unspecified atom stereocenters. The molecule has 0 saturated heterocycles. The van der Waals surface area contributed by atoms with Crippen molar-refractivity contribution >= 4 is 11.3 Å². The summed E-state index contributed by atoms with van der Waals surface area (Å²) in [5.41, 5.74) is 7.09. The van der Waals surface area contributed by atoms with E-state index in [2.05, 4.69) is 29.2 Å². The Morgan fingerprint density at radius 1 is 1.33 bits per heavy atom. The fourth-order valence-electron chi connectivity index (χ4n) is 1.41. The van der Waals surface area contributed by atoms with Crippen LogP contribution in [0.1, 0.15) is 28.4 Å². The summed E-state index contributed by atoms with van der Waals surface area (Å²) in [6.07, 6.45) is 2.88. The normalized spacial score (nSPS) is 12.7. The predicted molar refractivity (Wildman–Crippen MR) is 64.0 cm³/mol. The van der Waals surface area contributed by atoms with Gasteiger partial charge in [0, 0.05) is 17.5 Å². The summed E-state index contributed by atoms with van der Waals surface area (Å²) < 4.78 is 0. The van der Waals surface area contributed by atoms with Crippen LogP contribution in [-0.4, -0.2) is 4.98 Å². The first-order valence-corrected chi connectivity index (χ1v) is 5.81. The van der Waals surface area contributed by atoms with Crippen LogP contribution >= 0.6 is 11.3 Å². The van der Waals surface area contributed by atoms with Gasteiger partial charge in [0.15, 0.2) is 0 Å². The molecule has 0 bridgehead atoms. The molecule has 1 aromatic heterocycles. The summed E-state index contributed by atoms with van der Waals surface area (Å²) in [6, 6.07) is 10.4. The molecule has 2 nitrogen and oxygen atoms in total. The van der Waals surface area contributed by atoms with Gasteiger partial charge in [-0.25, -0.2) is 4.98 Å². The molecule has 0 amide bonds. The van der Waals surface area contributed by atoms with E-state index in [4.69, 9.17) is 5.73 Å². The Labute approximate surface area is 93.8 Å². The van der Waals surface area contributed by atoms with Crippen LogP contribution in [0.3, 0.4) is 0 Å². The van der Waals surface area contributed by atoms with E-state index < -0.39 is 0 Å². The van der Waals surface area contributed by atoms with Crippen LogP contribution in [0, 0.1) is 0 Å². The molecule has 0 aliphatic heterocycles. The van der Waals surface area contributed by atoms with Crippen molar-refractivity contribution in [2.24, 2.45) is 5.73 Å². The van der Waals surface area contributed by atoms with Crippen LogP contribution in [0.25, 0.3) is 0 Å². The minimum atomic E-state index is 0.0412. The van der Waals surface area contributed by atoms with Crippen molar-refractivity contribution in [2.75, 3.05) is 0 Å². The maximum atomic E-state index is 5.77. The van der Waals surface area contributed by atoms with Crippen molar-refractivity contribution in [1.29, 1.82) is 0 Å². The highest BCUT2D eigenvalue weighted by Gasteiger charge is 2.06. The average molecular weight is 218 g/mol. The number of thiazole rings is 1. The predicted octanol–water partition coefficient (Wildman–Crippen LogP) is 2.75. The molecule has 0 aliphatic carbocycles. The van der Waals surface area contributed by atoms with Crippen molar-refractivity contribution in [3.63, 3.8) is 0 Å². The van der Waals surface area contributed by atoms with Crippen molar-refractivity contribution in [3.8, 4) is 0 Å². The van der Waals surface area contributed by atoms with E-state index in [1.165, 1.54) is 10.4 Å². The van der Waals surface area contributed by atoms with E-state index in [0.717, 1.165) is 11.4 Å². The van der Waals surface area contributed by atoms with Gasteiger partial charge in [-0.05, 0) is 12.5 Å². The summed E-state index contributed by atoms with van der Waals surface area (Å²) in [6.45, 7) is 1.96. The number of benzene rings is 1. The highest BCUT2D eigenvalue weighted by atomic mass is 32.1. The maximum Gasteiger partial charge on any atom is 0.109 e. The monoisotopic (exact) mass is 218 g/mol. The number of aromatic nitrogens is 1. The second-order valence-electron chi connectivity index (χ2n) is 3.62. The molecule has 0 radical (unpaired) electrons. The van der Waals surface area contributed by atoms with Crippen LogP contribution in [0.5, 0.6) is 0 Å². The summed E-state index contributed by atoms with van der Waals surface area (Å²) >= 11 is 1.70. The third-order valence-corrected chi connectivity index (χ3v) is 3.38. The average Bonchev–Trinajstić information content (AvgIpc) is 2.68. The van der Waals surface area contributed by atoms with Gasteiger partial charge in [-0.15, -0.1) is 11.3 Å². The zero-order chi connectivity index (χ0) is 10.7. The lowest BCUT2D eigenvalue weighted by Crippen LogP contribution is -2.03. The smallest absolute Gasteiger partial charge is 0.109 e. The van der Waals surface area contributed by atoms with Crippen molar-refractivity contribution in [2.45, 2.75) is 19.4 Å². The quantitative estimate of drug-likeness (QED) is 0.860. The van der Waals surface area contributed by atoms with Gasteiger partial charge in [0.1, 0.15) is 5.01 Å². The highest BCUT2D eigenvalue weighted by molar-refractivity contribution is 7.11. The standard InChI is InChI=1S/C12H14N2S/c1-9(13)12-14-8-11(15-12)7-10-5-3-2-4-6-10/h2-6,8-9H,7,13H2,1H3. The molecule has 1 heterocycles. The van der Waals surface area contributed by atoms with Crippen molar-refractivity contribution < 1.29 is 0 Å². The number of nitrogens with zero attached hydrogens (tertiary/aromatic N) is 1. The van der Waals surface area contributed by atoms with E-state index in [9.17, 15) is 0 Å². The minimum Gasteiger partial charge on any atom is -0.322 e. The molecule has 0 fully saturated rings. The molecule has 2 rings (SSSR count). The Balaban J connectivity index is 2.12. The van der Waals surface area contributed by atoms with Gasteiger partial charge in [0.05, 0.1) is 6.04 Å². The van der Waals surface area contributed by atoms with Gasteiger partial charge in [-0.3, -0.25) is 0 Å². The topological polar surface area (TPSA) is 38.9 Å². The summed E-state index contributed by atoms with van der Waals surface area (Å²) in [4.78, 5) is 5.58. The second kappa shape index (κ2) is 4.55. The van der Waals surface area contributed by atoms with Gasteiger partial charge in [0.2, 0.25) is 0 Å². The van der Waals surface area contributed by atoms with Crippen molar-refractivity contribution in [1.82, 2.24) is 4.98 Å². The molecule has 0 spiro atoms. The summed E-state index contributed by atoms with van der Waals surface area (Å²) in [5.74, 6) is 0. The first kappa shape index (κ1) is 10.3. The lowest BCUT2D eigenvalue weighted by molar-refractivity contribution is 0.807. The molecule has 1 aromatic carbocycles. The van der Waals surface area contributed by atoms with Crippen molar-refractivity contribution in [3.05, 3.63) is 52.0 Å². The van der Waals surface area contributed by atoms with Gasteiger partial charge >= 0.3 is 0 Å². The number of hydrogen-bond acceptors (Lipinski definition) is 3. The minimum absolute atomic E-state index is 0.0412. The van der Waals surface area contributed by atoms with E-state index >= 15 is 0 Å². The highest BCUT2D eigenvalue weighted by Crippen LogP contribution is 2.20. The molecule has 2 N–H and O–H groups in total. The Morgan fingerprint density at radius 2 is 2.07 bits per heavy atom. The first-order chi connectivity index (χ1) is 7.25. The molecule has 0 saturated carbocycles. The molecule has 0 aliphatic rings. The molecule has 3 heteroatoms. The zero-order valence-corrected chi connectivity index (χ0v) is 9.50. The van der Waals surface area contributed by atoms with Gasteiger partial charge in [-0.1, -0.05) is 30.3 Å². The first-order valence-electron chi connectivity index (χ1n) is 5.00. The fraction of sp³-hybridized carbons (Fsp3) is 0.250. The lowest BCUT2D eigenvalue weighted by atomic mass is 10.1. The van der Waals surface area contributed by atoms with E-state index in [1.54, 1.807) is 11.3 Å². The Morgan fingerprint density at radius 3 is 2.67 bits per heavy atom. The van der Waals surface area contributed by atoms with Crippen LogP contribution in [0.15, 0.2) is 36.5 Å². The summed E-state index contributed by atoms with van der Waals surface area (Å²) in [5, 5.41) is 1.01. The van der Waals surface area contributed by atoms with E-state index in [0.29, 0.717) is 0 Å². The van der Waals surface area contributed by atoms with E-state index in [-0.39, 0.29) is 6.04 Å². The Bertz CT molecular complexity index is 420. The SMILES string of the molecule is CC(N)c1ncc(Cc2ccccc2)s1. The number of rotatable bonds is 3. The molecular formula is C12H14N2S. The number of hydrogen-bond donors (Lipinski definition) is 1. The van der Waals surface area contributed by atoms with Gasteiger partial charge in [0.25, 0.3) is 0 Å². The fourth-order valence-corrected chi connectivity index (χ4v) is 2.32. The molecule has 15 heavy (non-hydrogen) atoms. The van der Waals surface area contributed by atoms with Crippen LogP contribution in [0.2, 0.25) is 0 Å². The zero-order valence-electron chi connectivity index (χ0n) is 8.68. The van der Waals surface area contributed by atoms with Crippen LogP contribution < -0.4 is 5.73 Å². The Hall–Kier alpha value is -1.19. The molecule has 78 valence electrons. The third kappa shape index (κ3) is 2.64.